The van der Waals surface area contributed by atoms with Crippen LogP contribution in [0.4, 0.5) is 0 Å². The lowest BCUT2D eigenvalue weighted by atomic mass is 9.87. The zero-order valence-corrected chi connectivity index (χ0v) is 60.1. The van der Waals surface area contributed by atoms with E-state index in [1.807, 2.05) is 202 Å². The van der Waals surface area contributed by atoms with Crippen LogP contribution in [-0.4, -0.2) is 100 Å². The van der Waals surface area contributed by atoms with Crippen LogP contribution in [0, 0.1) is 60.2 Å². The molecule has 546 valence electrons. The van der Waals surface area contributed by atoms with Gasteiger partial charge in [0.1, 0.15) is 11.2 Å². The number of hydrogen-bond acceptors (Lipinski definition) is 11. The van der Waals surface area contributed by atoms with Gasteiger partial charge in [-0.3, -0.25) is 38.4 Å². The Bertz CT molecular complexity index is 3310. The van der Waals surface area contributed by atoms with Crippen molar-refractivity contribution in [2.45, 2.75) is 224 Å². The van der Waals surface area contributed by atoms with Gasteiger partial charge in [-0.2, -0.15) is 0 Å². The van der Waals surface area contributed by atoms with Gasteiger partial charge in [0, 0.05) is 42.9 Å². The van der Waals surface area contributed by atoms with Crippen LogP contribution in [-0.2, 0) is 79.9 Å². The summed E-state index contributed by atoms with van der Waals surface area (Å²) in [7, 11) is 0. The predicted molar refractivity (Wildman–Crippen MR) is 410 cm³/mol. The molecule has 0 aliphatic carbocycles. The maximum atomic E-state index is 14.2. The number of carbonyl (C=O) groups excluding carboxylic acids is 8. The molecule has 2 aliphatic rings. The number of ether oxygens (including phenoxy) is 2. The maximum absolute atomic E-state index is 14.2. The van der Waals surface area contributed by atoms with Gasteiger partial charge in [-0.25, -0.2) is 0 Å². The second-order valence-electron chi connectivity index (χ2n) is 28.7. The lowest BCUT2D eigenvalue weighted by Crippen LogP contribution is -2.50. The third-order valence-electron chi connectivity index (χ3n) is 17.9. The van der Waals surface area contributed by atoms with E-state index in [4.69, 9.17) is 21.7 Å². The van der Waals surface area contributed by atoms with Crippen molar-refractivity contribution >= 4 is 63.8 Å². The van der Waals surface area contributed by atoms with Crippen molar-refractivity contribution in [2.75, 3.05) is 13.2 Å². The summed E-state index contributed by atoms with van der Waals surface area (Å²) in [5, 5.41) is 12.1. The number of epoxide rings is 2. The van der Waals surface area contributed by atoms with Gasteiger partial charge in [-0.1, -0.05) is 248 Å². The van der Waals surface area contributed by atoms with E-state index in [9.17, 15) is 38.4 Å². The number of rotatable bonds is 40. The van der Waals surface area contributed by atoms with Crippen LogP contribution in [0.15, 0.2) is 152 Å². The van der Waals surface area contributed by atoms with E-state index in [-0.39, 0.29) is 111 Å². The maximum Gasteiger partial charge on any atom is 0.224 e. The highest BCUT2D eigenvalue weighted by Crippen LogP contribution is 2.32. The molecule has 0 saturated carbocycles. The third kappa shape index (κ3) is 31.0. The first-order valence-corrected chi connectivity index (χ1v) is 35.3. The monoisotopic (exact) mass is 1390 g/mol. The molecule has 5 aromatic rings. The Kier molecular flexibility index (Phi) is 39.3. The molecule has 14 nitrogen and oxygen atoms in total. The fourth-order valence-corrected chi connectivity index (χ4v) is 12.4. The fraction of sp³-hybridized carbons (Fsp3) is 0.518. The molecule has 2 saturated heterocycles. The van der Waals surface area contributed by atoms with E-state index in [1.165, 1.54) is 5.56 Å². The van der Waals surface area contributed by atoms with Crippen LogP contribution in [0.5, 0.6) is 0 Å². The minimum absolute atomic E-state index is 0. The number of aryl methyl sites for hydroxylation is 2. The van der Waals surface area contributed by atoms with E-state index < -0.39 is 53.1 Å². The summed E-state index contributed by atoms with van der Waals surface area (Å²) in [6, 6.07) is 46.4. The Morgan fingerprint density at radius 3 is 1.01 bits per heavy atom. The van der Waals surface area contributed by atoms with Crippen LogP contribution in [0.2, 0.25) is 0 Å². The molecule has 4 amide bonds. The summed E-state index contributed by atoms with van der Waals surface area (Å²) in [5.41, 5.74) is 3.50. The van der Waals surface area contributed by atoms with Crippen LogP contribution in [0.25, 0.3) is 0 Å². The van der Waals surface area contributed by atoms with Crippen LogP contribution >= 0.6 is 12.2 Å². The fourth-order valence-electron chi connectivity index (χ4n) is 12.0. The van der Waals surface area contributed by atoms with E-state index in [0.29, 0.717) is 83.8 Å². The molecular weight excluding hydrogens is 1270 g/mol. The average molecular weight is 1390 g/mol. The molecular formula is C85H120N4O10S. The first kappa shape index (κ1) is 88.3. The molecule has 0 bridgehead atoms. The van der Waals surface area contributed by atoms with Crippen LogP contribution < -0.4 is 21.3 Å². The molecule has 15 heteroatoms. The normalized spacial score (nSPS) is 17.2. The van der Waals surface area contributed by atoms with E-state index >= 15 is 0 Å². The SMILES string of the molecule is C.C.C.C#C.CC(C)C[C@H](NC(=O)[C@@H](C)CCc1ccccc1)C(=O)C[C@@H](Cc1ccccc1)C(=O)N[C@@H](CC(C)C)C(=O)[C@@]1(C)CO1.CC(C)C[C@H](NC(=O)[C@H](CCc1ccccc1)CC(=S)Cc1ccccc1)C(=O)C[C@@H](Cc1ccccc1)C(=O)N[C@@H](CC(C)C)C(=O)[C@@]1(C)CO1. The van der Waals surface area contributed by atoms with Crippen molar-refractivity contribution in [1.29, 1.82) is 0 Å². The molecule has 100 heavy (non-hydrogen) atoms. The second kappa shape index (κ2) is 44.5. The summed E-state index contributed by atoms with van der Waals surface area (Å²) in [6.45, 7) is 22.2. The minimum Gasteiger partial charge on any atom is -0.361 e. The van der Waals surface area contributed by atoms with Crippen molar-refractivity contribution < 1.29 is 47.8 Å². The van der Waals surface area contributed by atoms with E-state index in [1.54, 1.807) is 13.8 Å². The predicted octanol–water partition coefficient (Wildman–Crippen LogP) is 15.1. The first-order chi connectivity index (χ1) is 46.2. The van der Waals surface area contributed by atoms with Gasteiger partial charge in [0.05, 0.1) is 37.4 Å². The highest BCUT2D eigenvalue weighted by Gasteiger charge is 2.51. The van der Waals surface area contributed by atoms with Crippen LogP contribution in [0.3, 0.4) is 0 Å². The smallest absolute Gasteiger partial charge is 0.224 e. The number of terminal acetylenes is 1. The molecule has 0 radical (unpaired) electrons. The zero-order valence-electron chi connectivity index (χ0n) is 59.3. The van der Waals surface area contributed by atoms with Crippen LogP contribution in [0.1, 0.15) is 184 Å². The number of benzene rings is 5. The average Bonchev–Trinajstić information content (AvgIpc) is 1.64. The highest BCUT2D eigenvalue weighted by atomic mass is 32.1. The highest BCUT2D eigenvalue weighted by molar-refractivity contribution is 7.80. The van der Waals surface area contributed by atoms with E-state index in [2.05, 4.69) is 46.2 Å². The number of hydrogen-bond donors (Lipinski definition) is 4. The van der Waals surface area contributed by atoms with E-state index in [0.717, 1.165) is 33.5 Å². The molecule has 0 aromatic heterocycles. The molecule has 7 rings (SSSR count). The largest absolute Gasteiger partial charge is 0.361 e. The molecule has 0 unspecified atom stereocenters. The molecule has 4 N–H and O–H groups in total. The standard InChI is InChI=1S/C44H56N2O5S.C36H50N2O5.C2H2.3CH4/c1-30(2)23-38(45-42(49)35(22-21-32-15-9-6-10-16-32)27-37(52)26-34-19-13-8-14-20-34)40(47)28-36(25-33-17-11-7-12-18-33)43(50)46-39(24-31(3)4)41(48)44(5)29-51-44;1-24(2)19-30(37-34(41)26(5)17-18-27-13-9-7-10-14-27)32(39)22-29(21-28-15-11-8-12-16-28)35(42)38-31(20-25(3)4)33(40)36(6)23-43-36;1-2;;;/h6-20,30-31,35-36,38-39H,21-29H2,1-5H3,(H,45,49)(H,46,50);7-16,24-26,29-31H,17-23H2,1-6H3,(H,37,41)(H,38,42);1-2H;3*1H4/t35-,36-,38+,39+,44-;26-,29+,30-,31-,36+;;;;/m10..../s1. The molecule has 2 aliphatic heterocycles. The minimum atomic E-state index is -0.884. The molecule has 5 aromatic carbocycles. The van der Waals surface area contributed by atoms with Crippen molar-refractivity contribution in [3.05, 3.63) is 179 Å². The molecule has 2 fully saturated rings. The molecule has 0 spiro atoms. The van der Waals surface area contributed by atoms with Gasteiger partial charge in [0.2, 0.25) is 23.6 Å². The zero-order chi connectivity index (χ0) is 71.2. The van der Waals surface area contributed by atoms with Gasteiger partial charge < -0.3 is 30.7 Å². The second-order valence-corrected chi connectivity index (χ2v) is 29.3. The Morgan fingerprint density at radius 2 is 0.680 bits per heavy atom. The van der Waals surface area contributed by atoms with Gasteiger partial charge in [0.25, 0.3) is 0 Å². The summed E-state index contributed by atoms with van der Waals surface area (Å²) in [4.78, 5) is 111. The van der Waals surface area contributed by atoms with Gasteiger partial charge in [-0.15, -0.1) is 12.8 Å². The number of thiocarbonyl (C=S) groups is 1. The van der Waals surface area contributed by atoms with Crippen molar-refractivity contribution in [3.8, 4) is 12.8 Å². The number of nitrogens with one attached hydrogen (secondary N) is 4. The number of ketones is 4. The lowest BCUT2D eigenvalue weighted by Gasteiger charge is -2.27. The first-order valence-electron chi connectivity index (χ1n) is 34.9. The quantitative estimate of drug-likeness (QED) is 0.0165. The lowest BCUT2D eigenvalue weighted by molar-refractivity contribution is -0.135. The molecule has 2 heterocycles. The Balaban J connectivity index is 0.000000655. The summed E-state index contributed by atoms with van der Waals surface area (Å²) < 4.78 is 10.8. The Morgan fingerprint density at radius 1 is 0.400 bits per heavy atom. The summed E-state index contributed by atoms with van der Waals surface area (Å²) >= 11 is 5.83. The topological polar surface area (TPSA) is 210 Å². The van der Waals surface area contributed by atoms with Gasteiger partial charge >= 0.3 is 0 Å². The summed E-state index contributed by atoms with van der Waals surface area (Å²) in [5.74, 6) is -3.15. The number of amides is 4. The van der Waals surface area contributed by atoms with Gasteiger partial charge in [0.15, 0.2) is 23.1 Å². The number of carbonyl (C=O) groups is 8. The van der Waals surface area contributed by atoms with Gasteiger partial charge in [-0.05, 0) is 141 Å². The number of Topliss-reactive ketones (excluding diaryl/α,β-unsaturated/α-hetero) is 4. The molecule has 10 atom stereocenters. The van der Waals surface area contributed by atoms with Crippen molar-refractivity contribution in [1.82, 2.24) is 21.3 Å². The van der Waals surface area contributed by atoms with Crippen molar-refractivity contribution in [3.63, 3.8) is 0 Å². The summed E-state index contributed by atoms with van der Waals surface area (Å²) in [6.07, 6.45) is 14.2. The Labute approximate surface area is 606 Å². The third-order valence-corrected chi connectivity index (χ3v) is 18.2. The Hall–Kier alpha value is -7.77. The van der Waals surface area contributed by atoms with Crippen molar-refractivity contribution in [2.24, 2.45) is 47.3 Å².